The number of nitrogens with one attached hydrogen (secondary N) is 2. The van der Waals surface area contributed by atoms with Gasteiger partial charge in [0.15, 0.2) is 12.6 Å². The minimum Gasteiger partial charge on any atom is -0.484 e. The Labute approximate surface area is 177 Å². The summed E-state index contributed by atoms with van der Waals surface area (Å²) in [6, 6.07) is 5.25. The monoisotopic (exact) mass is 429 g/mol. The molecule has 1 aromatic carbocycles. The molecule has 0 saturated carbocycles. The molecule has 30 heavy (non-hydrogen) atoms. The summed E-state index contributed by atoms with van der Waals surface area (Å²) in [6.07, 6.45) is -4.37. The molecule has 2 N–H and O–H groups in total. The van der Waals surface area contributed by atoms with Gasteiger partial charge in [-0.3, -0.25) is 4.99 Å². The van der Waals surface area contributed by atoms with Crippen LogP contribution in [0.3, 0.4) is 0 Å². The van der Waals surface area contributed by atoms with E-state index in [2.05, 4.69) is 39.4 Å². The van der Waals surface area contributed by atoms with Crippen molar-refractivity contribution in [2.75, 3.05) is 60.0 Å². The first-order valence-corrected chi connectivity index (χ1v) is 10.3. The lowest BCUT2D eigenvalue weighted by molar-refractivity contribution is -0.153. The Morgan fingerprint density at radius 1 is 1.20 bits per heavy atom. The number of rotatable bonds is 8. The van der Waals surface area contributed by atoms with Gasteiger partial charge in [0.2, 0.25) is 0 Å². The first-order valence-electron chi connectivity index (χ1n) is 10.3. The fraction of sp³-hybridized carbons (Fsp3) is 0.667. The van der Waals surface area contributed by atoms with Gasteiger partial charge in [0.05, 0.1) is 0 Å². The minimum absolute atomic E-state index is 0.235. The normalized spacial score (nSPS) is 17.6. The number of halogens is 3. The first kappa shape index (κ1) is 24.3. The topological polar surface area (TPSA) is 52.1 Å². The van der Waals surface area contributed by atoms with E-state index in [0.29, 0.717) is 24.0 Å². The number of piperazine rings is 1. The molecule has 0 spiro atoms. The number of benzene rings is 1. The van der Waals surface area contributed by atoms with Crippen molar-refractivity contribution in [2.24, 2.45) is 10.9 Å². The molecule has 0 aromatic heterocycles. The van der Waals surface area contributed by atoms with E-state index in [9.17, 15) is 13.2 Å². The highest BCUT2D eigenvalue weighted by Gasteiger charge is 2.28. The third kappa shape index (κ3) is 8.79. The molecule has 1 saturated heterocycles. The number of ether oxygens (including phenoxy) is 1. The van der Waals surface area contributed by atoms with E-state index in [1.165, 1.54) is 0 Å². The second-order valence-electron chi connectivity index (χ2n) is 8.03. The summed E-state index contributed by atoms with van der Waals surface area (Å²) in [7, 11) is 3.82. The fourth-order valence-corrected chi connectivity index (χ4v) is 3.31. The molecule has 1 aromatic rings. The Morgan fingerprint density at radius 3 is 2.53 bits per heavy atom. The number of hydrogen-bond donors (Lipinski definition) is 2. The zero-order valence-corrected chi connectivity index (χ0v) is 18.4. The third-order valence-electron chi connectivity index (χ3n) is 5.07. The smallest absolute Gasteiger partial charge is 0.422 e. The van der Waals surface area contributed by atoms with Gasteiger partial charge >= 0.3 is 6.18 Å². The summed E-state index contributed by atoms with van der Waals surface area (Å²) in [5.41, 5.74) is 1.49. The third-order valence-corrected chi connectivity index (χ3v) is 5.07. The lowest BCUT2D eigenvalue weighted by Crippen LogP contribution is -2.47. The van der Waals surface area contributed by atoms with Crippen molar-refractivity contribution >= 4 is 5.96 Å². The maximum absolute atomic E-state index is 12.5. The number of nitrogens with zero attached hydrogens (tertiary/aromatic N) is 3. The van der Waals surface area contributed by atoms with E-state index < -0.39 is 12.8 Å². The second-order valence-corrected chi connectivity index (χ2v) is 8.03. The van der Waals surface area contributed by atoms with Gasteiger partial charge in [-0.05, 0) is 31.5 Å². The molecule has 9 heteroatoms. The molecule has 1 aliphatic rings. The van der Waals surface area contributed by atoms with Gasteiger partial charge in [-0.25, -0.2) is 0 Å². The first-order chi connectivity index (χ1) is 14.2. The summed E-state index contributed by atoms with van der Waals surface area (Å²) in [5, 5.41) is 6.47. The molecule has 1 heterocycles. The Morgan fingerprint density at radius 2 is 1.90 bits per heavy atom. The van der Waals surface area contributed by atoms with Crippen molar-refractivity contribution in [3.05, 3.63) is 29.3 Å². The van der Waals surface area contributed by atoms with Gasteiger partial charge in [-0.15, -0.1) is 0 Å². The van der Waals surface area contributed by atoms with E-state index >= 15 is 0 Å². The van der Waals surface area contributed by atoms with Crippen molar-refractivity contribution in [1.82, 2.24) is 20.4 Å². The molecule has 2 rings (SSSR count). The van der Waals surface area contributed by atoms with E-state index in [-0.39, 0.29) is 5.75 Å². The summed E-state index contributed by atoms with van der Waals surface area (Å²) >= 11 is 0. The highest BCUT2D eigenvalue weighted by Crippen LogP contribution is 2.23. The number of aryl methyl sites for hydroxylation is 1. The standard InChI is InChI=1S/C21H34F3N5O/c1-16-5-6-18(19(11-16)30-15-21(22,23)24)13-27-20(25-3)26-12-17(2)14-29-9-7-28(4)8-10-29/h5-6,11,17H,7-10,12-15H2,1-4H3,(H2,25,26,27). The largest absolute Gasteiger partial charge is 0.484 e. The molecule has 170 valence electrons. The average molecular weight is 430 g/mol. The summed E-state index contributed by atoms with van der Waals surface area (Å²) < 4.78 is 42.6. The van der Waals surface area contributed by atoms with Gasteiger partial charge in [0, 0.05) is 58.4 Å². The fourth-order valence-electron chi connectivity index (χ4n) is 3.31. The molecule has 0 bridgehead atoms. The van der Waals surface area contributed by atoms with Crippen LogP contribution in [-0.4, -0.2) is 81.9 Å². The number of guanidine groups is 1. The van der Waals surface area contributed by atoms with Crippen LogP contribution in [0.15, 0.2) is 23.2 Å². The number of alkyl halides is 3. The van der Waals surface area contributed by atoms with Crippen molar-refractivity contribution in [3.63, 3.8) is 0 Å². The van der Waals surface area contributed by atoms with Gasteiger partial charge in [-0.2, -0.15) is 13.2 Å². The minimum atomic E-state index is -4.37. The van der Waals surface area contributed by atoms with Crippen molar-refractivity contribution < 1.29 is 17.9 Å². The molecular formula is C21H34F3N5O. The molecule has 1 unspecified atom stereocenters. The lowest BCUT2D eigenvalue weighted by atomic mass is 10.1. The van der Waals surface area contributed by atoms with Crippen LogP contribution in [0.2, 0.25) is 0 Å². The quantitative estimate of drug-likeness (QED) is 0.491. The zero-order chi connectivity index (χ0) is 22.1. The second kappa shape index (κ2) is 11.4. The van der Waals surface area contributed by atoms with Gasteiger partial charge in [0.1, 0.15) is 5.75 Å². The van der Waals surface area contributed by atoms with E-state index in [4.69, 9.17) is 4.74 Å². The molecule has 0 radical (unpaired) electrons. The zero-order valence-electron chi connectivity index (χ0n) is 18.4. The van der Waals surface area contributed by atoms with Gasteiger partial charge < -0.3 is 25.2 Å². The van der Waals surface area contributed by atoms with Crippen LogP contribution in [0.25, 0.3) is 0 Å². The Kier molecular flexibility index (Phi) is 9.23. The highest BCUT2D eigenvalue weighted by atomic mass is 19.4. The Hall–Kier alpha value is -2.00. The van der Waals surface area contributed by atoms with Crippen LogP contribution in [0, 0.1) is 12.8 Å². The lowest BCUT2D eigenvalue weighted by Gasteiger charge is -2.34. The summed E-state index contributed by atoms with van der Waals surface area (Å²) in [5.74, 6) is 1.29. The van der Waals surface area contributed by atoms with E-state index in [1.807, 2.05) is 13.0 Å². The maximum atomic E-state index is 12.5. The number of hydrogen-bond acceptors (Lipinski definition) is 4. The summed E-state index contributed by atoms with van der Waals surface area (Å²) in [6.45, 7) is 9.17. The molecule has 1 atom stereocenters. The SMILES string of the molecule is CN=C(NCc1ccc(C)cc1OCC(F)(F)F)NCC(C)CN1CCN(C)CC1. The Bertz CT molecular complexity index is 688. The highest BCUT2D eigenvalue weighted by molar-refractivity contribution is 5.79. The molecular weight excluding hydrogens is 395 g/mol. The van der Waals surface area contributed by atoms with Gasteiger partial charge in [-0.1, -0.05) is 19.1 Å². The average Bonchev–Trinajstić information content (AvgIpc) is 2.68. The number of aliphatic imine (C=N–C) groups is 1. The van der Waals surface area contributed by atoms with Crippen LogP contribution >= 0.6 is 0 Å². The van der Waals surface area contributed by atoms with Crippen molar-refractivity contribution in [1.29, 1.82) is 0 Å². The summed E-state index contributed by atoms with van der Waals surface area (Å²) in [4.78, 5) is 9.03. The van der Waals surface area contributed by atoms with Crippen molar-refractivity contribution in [3.8, 4) is 5.75 Å². The van der Waals surface area contributed by atoms with Crippen LogP contribution in [0.4, 0.5) is 13.2 Å². The van der Waals surface area contributed by atoms with Crippen LogP contribution in [0.5, 0.6) is 5.75 Å². The van der Waals surface area contributed by atoms with E-state index in [1.54, 1.807) is 19.2 Å². The van der Waals surface area contributed by atoms with Crippen molar-refractivity contribution in [2.45, 2.75) is 26.6 Å². The Balaban J connectivity index is 1.82. The molecule has 0 amide bonds. The number of likely N-dealkylation sites (N-methyl/N-ethyl adjacent to an activating group) is 1. The molecule has 1 fully saturated rings. The molecule has 1 aliphatic heterocycles. The van der Waals surface area contributed by atoms with Crippen LogP contribution in [0.1, 0.15) is 18.1 Å². The predicted octanol–water partition coefficient (Wildman–Crippen LogP) is 2.48. The molecule has 0 aliphatic carbocycles. The molecule has 6 nitrogen and oxygen atoms in total. The van der Waals surface area contributed by atoms with Gasteiger partial charge in [0.25, 0.3) is 0 Å². The van der Waals surface area contributed by atoms with Crippen LogP contribution in [-0.2, 0) is 6.54 Å². The maximum Gasteiger partial charge on any atom is 0.422 e. The van der Waals surface area contributed by atoms with E-state index in [0.717, 1.165) is 44.8 Å². The predicted molar refractivity (Wildman–Crippen MR) is 114 cm³/mol. The van der Waals surface area contributed by atoms with Crippen LogP contribution < -0.4 is 15.4 Å².